The second-order valence-electron chi connectivity index (χ2n) is 5.20. The number of thioether (sulfide) groups is 1. The lowest BCUT2D eigenvalue weighted by molar-refractivity contribution is 0.120. The van der Waals surface area contributed by atoms with Crippen LogP contribution in [0.4, 0.5) is 0 Å². The fraction of sp³-hybridized carbons (Fsp3) is 1.00. The van der Waals surface area contributed by atoms with Crippen molar-refractivity contribution in [1.29, 1.82) is 0 Å². The predicted octanol–water partition coefficient (Wildman–Crippen LogP) is 1.94. The van der Waals surface area contributed by atoms with Crippen LogP contribution in [0.5, 0.6) is 0 Å². The lowest BCUT2D eigenvalue weighted by Crippen LogP contribution is -2.51. The number of hydrogen-bond acceptors (Lipinski definition) is 3. The molecular weight excluding hydrogens is 204 g/mol. The number of piperidine rings is 1. The van der Waals surface area contributed by atoms with Gasteiger partial charge in [0.15, 0.2) is 0 Å². The highest BCUT2D eigenvalue weighted by Crippen LogP contribution is 2.34. The second kappa shape index (κ2) is 5.07. The first-order chi connectivity index (χ1) is 7.22. The van der Waals surface area contributed by atoms with Crippen molar-refractivity contribution in [2.75, 3.05) is 19.3 Å². The van der Waals surface area contributed by atoms with E-state index in [2.05, 4.69) is 29.8 Å². The maximum absolute atomic E-state index is 6.07. The summed E-state index contributed by atoms with van der Waals surface area (Å²) in [7, 11) is 0. The summed E-state index contributed by atoms with van der Waals surface area (Å²) in [5.74, 6) is 0.682. The molecule has 2 aliphatic rings. The van der Waals surface area contributed by atoms with Crippen LogP contribution in [-0.4, -0.2) is 41.6 Å². The number of hydrogen-bond donors (Lipinski definition) is 1. The monoisotopic (exact) mass is 228 g/mol. The average Bonchev–Trinajstić information content (AvgIpc) is 2.70. The normalized spacial score (nSPS) is 43.4. The molecule has 1 saturated carbocycles. The Morgan fingerprint density at radius 1 is 1.27 bits per heavy atom. The molecule has 0 spiro atoms. The smallest absolute Gasteiger partial charge is 0.0214 e. The summed E-state index contributed by atoms with van der Waals surface area (Å²) >= 11 is 2.06. The van der Waals surface area contributed by atoms with Gasteiger partial charge in [-0.3, -0.25) is 4.90 Å². The largest absolute Gasteiger partial charge is 0.327 e. The first kappa shape index (κ1) is 11.7. The van der Waals surface area contributed by atoms with Crippen LogP contribution in [0.2, 0.25) is 0 Å². The number of nitrogens with two attached hydrogens (primary N) is 1. The lowest BCUT2D eigenvalue weighted by atomic mass is 9.93. The van der Waals surface area contributed by atoms with Gasteiger partial charge >= 0.3 is 0 Å². The van der Waals surface area contributed by atoms with Crippen LogP contribution in [0.15, 0.2) is 0 Å². The minimum atomic E-state index is 0.440. The van der Waals surface area contributed by atoms with Gasteiger partial charge in [-0.2, -0.15) is 11.8 Å². The third kappa shape index (κ3) is 2.51. The SMILES string of the molecule is CSC1CCCC1N1CCC(N)C(C)C1. The standard InChI is InChI=1S/C12H24N2S/c1-9-8-14(7-6-10(9)13)11-4-3-5-12(11)15-2/h9-12H,3-8,13H2,1-2H3. The van der Waals surface area contributed by atoms with Crippen LogP contribution >= 0.6 is 11.8 Å². The Morgan fingerprint density at radius 2 is 2.07 bits per heavy atom. The summed E-state index contributed by atoms with van der Waals surface area (Å²) in [5, 5.41) is 0.881. The summed E-state index contributed by atoms with van der Waals surface area (Å²) in [6, 6.07) is 1.28. The molecular formula is C12H24N2S. The van der Waals surface area contributed by atoms with Gasteiger partial charge in [0.05, 0.1) is 0 Å². The summed E-state index contributed by atoms with van der Waals surface area (Å²) in [6.07, 6.45) is 7.71. The van der Waals surface area contributed by atoms with Crippen molar-refractivity contribution in [3.05, 3.63) is 0 Å². The molecule has 0 aromatic carbocycles. The number of likely N-dealkylation sites (tertiary alicyclic amines) is 1. The van der Waals surface area contributed by atoms with Crippen molar-refractivity contribution in [3.63, 3.8) is 0 Å². The van der Waals surface area contributed by atoms with Crippen molar-refractivity contribution in [2.24, 2.45) is 11.7 Å². The third-order valence-electron chi connectivity index (χ3n) is 4.19. The van der Waals surface area contributed by atoms with E-state index in [1.54, 1.807) is 0 Å². The molecule has 3 heteroatoms. The molecule has 4 atom stereocenters. The lowest BCUT2D eigenvalue weighted by Gasteiger charge is -2.40. The molecule has 1 aliphatic heterocycles. The van der Waals surface area contributed by atoms with E-state index in [-0.39, 0.29) is 0 Å². The molecule has 2 N–H and O–H groups in total. The van der Waals surface area contributed by atoms with Crippen LogP contribution in [0.25, 0.3) is 0 Å². The molecule has 0 radical (unpaired) electrons. The molecule has 2 fully saturated rings. The molecule has 88 valence electrons. The highest BCUT2D eigenvalue weighted by atomic mass is 32.2. The topological polar surface area (TPSA) is 29.3 Å². The zero-order chi connectivity index (χ0) is 10.8. The van der Waals surface area contributed by atoms with E-state index in [0.717, 1.165) is 11.3 Å². The predicted molar refractivity (Wildman–Crippen MR) is 68.3 cm³/mol. The van der Waals surface area contributed by atoms with E-state index >= 15 is 0 Å². The highest BCUT2D eigenvalue weighted by Gasteiger charge is 2.34. The van der Waals surface area contributed by atoms with E-state index in [9.17, 15) is 0 Å². The van der Waals surface area contributed by atoms with Gasteiger partial charge in [-0.05, 0) is 38.0 Å². The van der Waals surface area contributed by atoms with Crippen LogP contribution in [0.3, 0.4) is 0 Å². The number of rotatable bonds is 2. The molecule has 0 aromatic rings. The van der Waals surface area contributed by atoms with Crippen LogP contribution < -0.4 is 5.73 Å². The quantitative estimate of drug-likeness (QED) is 0.783. The van der Waals surface area contributed by atoms with Gasteiger partial charge in [0.1, 0.15) is 0 Å². The summed E-state index contributed by atoms with van der Waals surface area (Å²) in [4.78, 5) is 2.71. The molecule has 1 heterocycles. The van der Waals surface area contributed by atoms with E-state index in [1.165, 1.54) is 38.8 Å². The molecule has 2 nitrogen and oxygen atoms in total. The molecule has 4 unspecified atom stereocenters. The maximum atomic E-state index is 6.07. The zero-order valence-electron chi connectivity index (χ0n) is 9.98. The zero-order valence-corrected chi connectivity index (χ0v) is 10.8. The van der Waals surface area contributed by atoms with E-state index in [0.29, 0.717) is 12.0 Å². The summed E-state index contributed by atoms with van der Waals surface area (Å²) in [6.45, 7) is 4.76. The fourth-order valence-electron chi connectivity index (χ4n) is 3.10. The second-order valence-corrected chi connectivity index (χ2v) is 6.27. The van der Waals surface area contributed by atoms with Crippen molar-refractivity contribution in [2.45, 2.75) is 49.9 Å². The Morgan fingerprint density at radius 3 is 2.73 bits per heavy atom. The summed E-state index contributed by atoms with van der Waals surface area (Å²) < 4.78 is 0. The van der Waals surface area contributed by atoms with Crippen molar-refractivity contribution >= 4 is 11.8 Å². The molecule has 0 bridgehead atoms. The molecule has 2 rings (SSSR count). The fourth-order valence-corrected chi connectivity index (χ4v) is 4.12. The first-order valence-electron chi connectivity index (χ1n) is 6.24. The van der Waals surface area contributed by atoms with Gasteiger partial charge < -0.3 is 5.73 Å². The van der Waals surface area contributed by atoms with Crippen molar-refractivity contribution < 1.29 is 0 Å². The minimum absolute atomic E-state index is 0.440. The number of nitrogens with zero attached hydrogens (tertiary/aromatic N) is 1. The van der Waals surface area contributed by atoms with Crippen LogP contribution in [0, 0.1) is 5.92 Å². The Hall–Kier alpha value is 0.270. The van der Waals surface area contributed by atoms with Gasteiger partial charge in [-0.1, -0.05) is 13.3 Å². The van der Waals surface area contributed by atoms with Gasteiger partial charge in [-0.15, -0.1) is 0 Å². The van der Waals surface area contributed by atoms with Crippen LogP contribution in [0.1, 0.15) is 32.6 Å². The Bertz CT molecular complexity index is 210. The Kier molecular flexibility index (Phi) is 3.97. The Labute approximate surface area is 98.0 Å². The molecule has 1 saturated heterocycles. The van der Waals surface area contributed by atoms with Gasteiger partial charge in [-0.25, -0.2) is 0 Å². The highest BCUT2D eigenvalue weighted by molar-refractivity contribution is 7.99. The van der Waals surface area contributed by atoms with Crippen molar-refractivity contribution in [1.82, 2.24) is 4.90 Å². The van der Waals surface area contributed by atoms with Crippen molar-refractivity contribution in [3.8, 4) is 0 Å². The van der Waals surface area contributed by atoms with Gasteiger partial charge in [0.2, 0.25) is 0 Å². The third-order valence-corrected chi connectivity index (χ3v) is 5.35. The minimum Gasteiger partial charge on any atom is -0.327 e. The van der Waals surface area contributed by atoms with Gasteiger partial charge in [0, 0.05) is 23.9 Å². The average molecular weight is 228 g/mol. The van der Waals surface area contributed by atoms with Gasteiger partial charge in [0.25, 0.3) is 0 Å². The van der Waals surface area contributed by atoms with E-state index in [4.69, 9.17) is 5.73 Å². The summed E-state index contributed by atoms with van der Waals surface area (Å²) in [5.41, 5.74) is 6.07. The van der Waals surface area contributed by atoms with Crippen LogP contribution in [-0.2, 0) is 0 Å². The van der Waals surface area contributed by atoms with E-state index < -0.39 is 0 Å². The van der Waals surface area contributed by atoms with E-state index in [1.807, 2.05) is 0 Å². The molecule has 1 aliphatic carbocycles. The molecule has 15 heavy (non-hydrogen) atoms. The first-order valence-corrected chi connectivity index (χ1v) is 7.53. The molecule has 0 amide bonds. The maximum Gasteiger partial charge on any atom is 0.0214 e. The molecule has 0 aromatic heterocycles. The Balaban J connectivity index is 1.93.